The third kappa shape index (κ3) is 2.69. The molecule has 2 rings (SSSR count). The van der Waals surface area contributed by atoms with Gasteiger partial charge in [-0.3, -0.25) is 4.79 Å². The number of carbonyl (C=O) groups excluding carboxylic acids is 1. The van der Waals surface area contributed by atoms with E-state index in [1.165, 1.54) is 0 Å². The van der Waals surface area contributed by atoms with Crippen LogP contribution in [-0.2, 0) is 9.53 Å². The maximum Gasteiger partial charge on any atom is 0.226 e. The van der Waals surface area contributed by atoms with Crippen LogP contribution in [0.25, 0.3) is 0 Å². The molecule has 15 heavy (non-hydrogen) atoms. The van der Waals surface area contributed by atoms with E-state index in [0.29, 0.717) is 11.8 Å². The number of rotatable bonds is 3. The van der Waals surface area contributed by atoms with Gasteiger partial charge in [0.1, 0.15) is 0 Å². The van der Waals surface area contributed by atoms with E-state index < -0.39 is 0 Å². The van der Waals surface area contributed by atoms with Gasteiger partial charge in [-0.25, -0.2) is 0 Å². The van der Waals surface area contributed by atoms with E-state index in [0.717, 1.165) is 45.7 Å². The number of hydrogen-bond acceptors (Lipinski definition) is 3. The Kier molecular flexibility index (Phi) is 3.59. The van der Waals surface area contributed by atoms with E-state index in [2.05, 4.69) is 5.32 Å². The maximum atomic E-state index is 12.0. The Morgan fingerprint density at radius 3 is 3.00 bits per heavy atom. The highest BCUT2D eigenvalue weighted by atomic mass is 16.5. The van der Waals surface area contributed by atoms with Crippen molar-refractivity contribution in [1.82, 2.24) is 10.2 Å². The topological polar surface area (TPSA) is 41.6 Å². The molecule has 2 heterocycles. The van der Waals surface area contributed by atoms with Gasteiger partial charge in [0.15, 0.2) is 0 Å². The van der Waals surface area contributed by atoms with Gasteiger partial charge in [0.2, 0.25) is 5.91 Å². The molecule has 86 valence electrons. The molecule has 4 nitrogen and oxygen atoms in total. The first kappa shape index (κ1) is 10.9. The van der Waals surface area contributed by atoms with Crippen LogP contribution in [0.2, 0.25) is 0 Å². The lowest BCUT2D eigenvalue weighted by Gasteiger charge is -2.23. The van der Waals surface area contributed by atoms with E-state index in [1.54, 1.807) is 0 Å². The van der Waals surface area contributed by atoms with Crippen molar-refractivity contribution < 1.29 is 9.53 Å². The number of ether oxygens (including phenoxy) is 1. The summed E-state index contributed by atoms with van der Waals surface area (Å²) in [5, 5.41) is 3.23. The van der Waals surface area contributed by atoms with Crippen LogP contribution >= 0.6 is 0 Å². The number of nitrogens with zero attached hydrogens (tertiary/aromatic N) is 1. The van der Waals surface area contributed by atoms with Gasteiger partial charge >= 0.3 is 0 Å². The van der Waals surface area contributed by atoms with Crippen molar-refractivity contribution in [3.05, 3.63) is 0 Å². The van der Waals surface area contributed by atoms with Crippen molar-refractivity contribution in [3.63, 3.8) is 0 Å². The zero-order valence-electron chi connectivity index (χ0n) is 9.37. The molecule has 0 aromatic heterocycles. The Bertz CT molecular complexity index is 221. The molecule has 2 fully saturated rings. The van der Waals surface area contributed by atoms with Gasteiger partial charge in [-0.15, -0.1) is 0 Å². The zero-order chi connectivity index (χ0) is 10.7. The third-order valence-electron chi connectivity index (χ3n) is 3.34. The van der Waals surface area contributed by atoms with E-state index in [1.807, 2.05) is 11.9 Å². The van der Waals surface area contributed by atoms with Gasteiger partial charge in [0.25, 0.3) is 0 Å². The minimum atomic E-state index is 0.206. The molecule has 2 aliphatic rings. The van der Waals surface area contributed by atoms with E-state index in [9.17, 15) is 4.79 Å². The van der Waals surface area contributed by atoms with Crippen molar-refractivity contribution in [3.8, 4) is 0 Å². The monoisotopic (exact) mass is 212 g/mol. The smallest absolute Gasteiger partial charge is 0.226 e. The predicted molar refractivity (Wildman–Crippen MR) is 57.5 cm³/mol. The number of hydrogen-bond donors (Lipinski definition) is 1. The largest absolute Gasteiger partial charge is 0.381 e. The van der Waals surface area contributed by atoms with E-state index in [-0.39, 0.29) is 5.92 Å². The normalized spacial score (nSPS) is 30.7. The molecule has 0 bridgehead atoms. The van der Waals surface area contributed by atoms with Crippen molar-refractivity contribution in [2.45, 2.75) is 12.8 Å². The highest BCUT2D eigenvalue weighted by molar-refractivity contribution is 5.79. The van der Waals surface area contributed by atoms with Crippen LogP contribution in [-0.4, -0.2) is 50.7 Å². The van der Waals surface area contributed by atoms with Crippen LogP contribution in [0.4, 0.5) is 0 Å². The predicted octanol–water partition coefficient (Wildman–Crippen LogP) is 0.0908. The molecule has 1 amide bonds. The van der Waals surface area contributed by atoms with E-state index >= 15 is 0 Å². The molecule has 2 aliphatic heterocycles. The van der Waals surface area contributed by atoms with Crippen LogP contribution in [0.15, 0.2) is 0 Å². The SMILES string of the molecule is CN(CC1CCOC1)C(=O)[C@H]1CCNC1. The zero-order valence-corrected chi connectivity index (χ0v) is 9.37. The molecule has 0 spiro atoms. The fourth-order valence-electron chi connectivity index (χ4n) is 2.38. The second-order valence-corrected chi connectivity index (χ2v) is 4.64. The second kappa shape index (κ2) is 4.94. The van der Waals surface area contributed by atoms with Gasteiger partial charge in [-0.1, -0.05) is 0 Å². The minimum absolute atomic E-state index is 0.206. The summed E-state index contributed by atoms with van der Waals surface area (Å²) < 4.78 is 5.31. The van der Waals surface area contributed by atoms with Crippen molar-refractivity contribution in [1.29, 1.82) is 0 Å². The second-order valence-electron chi connectivity index (χ2n) is 4.64. The van der Waals surface area contributed by atoms with Gasteiger partial charge < -0.3 is 15.0 Å². The average molecular weight is 212 g/mol. The standard InChI is InChI=1S/C11H20N2O2/c1-13(7-9-3-5-15-8-9)11(14)10-2-4-12-6-10/h9-10,12H,2-8H2,1H3/t9?,10-/m0/s1. The molecule has 0 aromatic rings. The summed E-state index contributed by atoms with van der Waals surface area (Å²) in [5.74, 6) is 1.05. The summed E-state index contributed by atoms with van der Waals surface area (Å²) in [5.41, 5.74) is 0. The van der Waals surface area contributed by atoms with Crippen LogP contribution < -0.4 is 5.32 Å². The lowest BCUT2D eigenvalue weighted by molar-refractivity contribution is -0.134. The quantitative estimate of drug-likeness (QED) is 0.721. The Hall–Kier alpha value is -0.610. The minimum Gasteiger partial charge on any atom is -0.381 e. The summed E-state index contributed by atoms with van der Waals surface area (Å²) >= 11 is 0. The fourth-order valence-corrected chi connectivity index (χ4v) is 2.38. The van der Waals surface area contributed by atoms with Crippen molar-refractivity contribution >= 4 is 5.91 Å². The Labute approximate surface area is 91.0 Å². The first-order valence-corrected chi connectivity index (χ1v) is 5.81. The summed E-state index contributed by atoms with van der Waals surface area (Å²) in [6.45, 7) is 4.37. The van der Waals surface area contributed by atoms with Crippen LogP contribution in [0.5, 0.6) is 0 Å². The summed E-state index contributed by atoms with van der Waals surface area (Å²) in [6.07, 6.45) is 2.09. The Morgan fingerprint density at radius 1 is 1.53 bits per heavy atom. The molecule has 0 saturated carbocycles. The van der Waals surface area contributed by atoms with Gasteiger partial charge in [0, 0.05) is 32.7 Å². The van der Waals surface area contributed by atoms with Gasteiger partial charge in [0.05, 0.1) is 12.5 Å². The molecular weight excluding hydrogens is 192 g/mol. The third-order valence-corrected chi connectivity index (χ3v) is 3.34. The number of nitrogens with one attached hydrogen (secondary N) is 1. The first-order chi connectivity index (χ1) is 7.27. The first-order valence-electron chi connectivity index (χ1n) is 5.81. The molecule has 1 N–H and O–H groups in total. The molecule has 1 unspecified atom stereocenters. The molecule has 2 saturated heterocycles. The Balaban J connectivity index is 1.78. The molecule has 4 heteroatoms. The summed E-state index contributed by atoms with van der Waals surface area (Å²) in [7, 11) is 1.92. The Morgan fingerprint density at radius 2 is 2.40 bits per heavy atom. The van der Waals surface area contributed by atoms with E-state index in [4.69, 9.17) is 4.74 Å². The fraction of sp³-hybridized carbons (Fsp3) is 0.909. The lowest BCUT2D eigenvalue weighted by atomic mass is 10.1. The average Bonchev–Trinajstić information content (AvgIpc) is 2.88. The molecule has 2 atom stereocenters. The van der Waals surface area contributed by atoms with Crippen molar-refractivity contribution in [2.24, 2.45) is 11.8 Å². The van der Waals surface area contributed by atoms with Gasteiger partial charge in [-0.05, 0) is 19.4 Å². The van der Waals surface area contributed by atoms with Gasteiger partial charge in [-0.2, -0.15) is 0 Å². The highest BCUT2D eigenvalue weighted by Gasteiger charge is 2.27. The highest BCUT2D eigenvalue weighted by Crippen LogP contribution is 2.16. The number of amides is 1. The molecule has 0 aromatic carbocycles. The van der Waals surface area contributed by atoms with Crippen molar-refractivity contribution in [2.75, 3.05) is 39.9 Å². The molecular formula is C11H20N2O2. The number of carbonyl (C=O) groups is 1. The van der Waals surface area contributed by atoms with Crippen LogP contribution in [0.1, 0.15) is 12.8 Å². The maximum absolute atomic E-state index is 12.0. The lowest BCUT2D eigenvalue weighted by Crippen LogP contribution is -2.37. The van der Waals surface area contributed by atoms with Crippen LogP contribution in [0, 0.1) is 11.8 Å². The molecule has 0 radical (unpaired) electrons. The summed E-state index contributed by atoms with van der Waals surface area (Å²) in [4.78, 5) is 13.9. The summed E-state index contributed by atoms with van der Waals surface area (Å²) in [6, 6.07) is 0. The molecule has 0 aliphatic carbocycles. The van der Waals surface area contributed by atoms with Crippen LogP contribution in [0.3, 0.4) is 0 Å².